The molecule has 5 heteroatoms. The largest absolute Gasteiger partial charge is 0.234 e. The zero-order valence-corrected chi connectivity index (χ0v) is 9.04. The van der Waals surface area contributed by atoms with Gasteiger partial charge in [-0.2, -0.15) is 0 Å². The van der Waals surface area contributed by atoms with Crippen LogP contribution in [0.15, 0.2) is 17.5 Å². The van der Waals surface area contributed by atoms with Crippen molar-refractivity contribution in [2.24, 2.45) is 0 Å². The summed E-state index contributed by atoms with van der Waals surface area (Å²) in [5.74, 6) is 4.50. The van der Waals surface area contributed by atoms with E-state index in [0.29, 0.717) is 6.16 Å². The van der Waals surface area contributed by atoms with Crippen LogP contribution in [0.25, 0.3) is 0 Å². The van der Waals surface area contributed by atoms with Crippen molar-refractivity contribution in [1.29, 1.82) is 0 Å². The van der Waals surface area contributed by atoms with Gasteiger partial charge in [0.15, 0.2) is 0 Å². The summed E-state index contributed by atoms with van der Waals surface area (Å²) in [6, 6.07) is 0. The normalized spacial score (nSPS) is 12.1. The van der Waals surface area contributed by atoms with Gasteiger partial charge in [0.1, 0.15) is 23.5 Å². The second kappa shape index (κ2) is 6.76. The van der Waals surface area contributed by atoms with Crippen molar-refractivity contribution in [2.75, 3.05) is 12.3 Å². The van der Waals surface area contributed by atoms with Crippen LogP contribution < -0.4 is 0 Å². The second-order valence-corrected chi connectivity index (χ2v) is 6.23. The Morgan fingerprint density at radius 1 is 1.20 bits per heavy atom. The van der Waals surface area contributed by atoms with E-state index in [9.17, 15) is 19.2 Å². The molecule has 78 valence electrons. The Labute approximate surface area is 86.9 Å². The second-order valence-electron chi connectivity index (χ2n) is 2.63. The van der Waals surface area contributed by atoms with Crippen molar-refractivity contribution in [3.8, 4) is 0 Å². The van der Waals surface area contributed by atoms with Crippen molar-refractivity contribution >= 4 is 30.4 Å². The summed E-state index contributed by atoms with van der Waals surface area (Å²) in [4.78, 5) is 41.7. The molecule has 0 rings (SSSR count). The fourth-order valence-electron chi connectivity index (χ4n) is 1.04. The van der Waals surface area contributed by atoms with Gasteiger partial charge in [-0.1, -0.05) is 6.92 Å². The summed E-state index contributed by atoms with van der Waals surface area (Å²) >= 11 is 0. The first kappa shape index (κ1) is 13.4. The number of carbonyl (C=O) groups excluding carboxylic acids is 4. The molecule has 0 bridgehead atoms. The zero-order valence-electron chi connectivity index (χ0n) is 8.15. The van der Waals surface area contributed by atoms with Gasteiger partial charge in [0.2, 0.25) is 0 Å². The summed E-state index contributed by atoms with van der Waals surface area (Å²) in [6.07, 6.45) is 2.43. The topological polar surface area (TPSA) is 68.3 Å². The van der Waals surface area contributed by atoms with Crippen LogP contribution in [0.4, 0.5) is 0 Å². The highest BCUT2D eigenvalue weighted by Gasteiger charge is 2.21. The molecule has 0 aliphatic rings. The fourth-order valence-corrected chi connectivity index (χ4v) is 3.00. The van der Waals surface area contributed by atoms with Gasteiger partial charge in [0.05, 0.1) is 5.31 Å². The van der Waals surface area contributed by atoms with Crippen molar-refractivity contribution in [3.63, 3.8) is 0 Å². The SMILES string of the molecule is CCP(=C=O)(CC=C=O)C(=C=O)C=C=O. The van der Waals surface area contributed by atoms with E-state index in [0.717, 1.165) is 12.2 Å². The van der Waals surface area contributed by atoms with E-state index in [1.165, 1.54) is 11.9 Å². The van der Waals surface area contributed by atoms with Gasteiger partial charge < -0.3 is 0 Å². The summed E-state index contributed by atoms with van der Waals surface area (Å²) in [5.41, 5.74) is 1.78. The van der Waals surface area contributed by atoms with E-state index in [-0.39, 0.29) is 11.5 Å². The molecular formula is C10H9O4P. The van der Waals surface area contributed by atoms with Gasteiger partial charge in [0, 0.05) is 25.2 Å². The number of hydrogen-bond donors (Lipinski definition) is 0. The molecular weight excluding hydrogens is 215 g/mol. The lowest BCUT2D eigenvalue weighted by Crippen LogP contribution is -1.96. The maximum absolute atomic E-state index is 10.9. The predicted molar refractivity (Wildman–Crippen MR) is 57.8 cm³/mol. The van der Waals surface area contributed by atoms with Crippen LogP contribution in [0, 0.1) is 0 Å². The Morgan fingerprint density at radius 3 is 2.20 bits per heavy atom. The number of rotatable bonds is 5. The third-order valence-electron chi connectivity index (χ3n) is 1.96. The van der Waals surface area contributed by atoms with Crippen molar-refractivity contribution in [2.45, 2.75) is 6.92 Å². The van der Waals surface area contributed by atoms with Crippen LogP contribution in [0.1, 0.15) is 6.92 Å². The molecule has 0 saturated heterocycles. The van der Waals surface area contributed by atoms with Gasteiger partial charge in [-0.25, -0.2) is 19.2 Å². The van der Waals surface area contributed by atoms with E-state index in [1.54, 1.807) is 18.5 Å². The zero-order chi connectivity index (χ0) is 11.7. The average Bonchev–Trinajstić information content (AvgIpc) is 2.29. The first-order valence-electron chi connectivity index (χ1n) is 4.13. The Morgan fingerprint density at radius 2 is 1.87 bits per heavy atom. The Kier molecular flexibility index (Phi) is 6.02. The minimum atomic E-state index is -2.55. The highest BCUT2D eigenvalue weighted by atomic mass is 31.2. The molecule has 0 fully saturated rings. The first-order chi connectivity index (χ1) is 7.20. The standard InChI is InChI=1S/C10H9O4P/c1-2-15(9-14,7-3-5-11)10(8-13)4-6-12/h3-4H,2,7H2,1H3. The summed E-state index contributed by atoms with van der Waals surface area (Å²) in [7, 11) is 0. The van der Waals surface area contributed by atoms with Gasteiger partial charge in [0.25, 0.3) is 0 Å². The van der Waals surface area contributed by atoms with Crippen LogP contribution >= 0.6 is 6.89 Å². The van der Waals surface area contributed by atoms with Crippen LogP contribution in [0.5, 0.6) is 0 Å². The molecule has 4 nitrogen and oxygen atoms in total. The lowest BCUT2D eigenvalue weighted by molar-refractivity contribution is 0.566. The Bertz CT molecular complexity index is 452. The van der Waals surface area contributed by atoms with Crippen molar-refractivity contribution in [1.82, 2.24) is 0 Å². The maximum atomic E-state index is 10.9. The smallest absolute Gasteiger partial charge is 0.134 e. The highest BCUT2D eigenvalue weighted by molar-refractivity contribution is 7.78. The van der Waals surface area contributed by atoms with E-state index in [1.807, 2.05) is 0 Å². The fraction of sp³-hybridized carbons (Fsp3) is 0.300. The van der Waals surface area contributed by atoms with E-state index < -0.39 is 6.89 Å². The van der Waals surface area contributed by atoms with Gasteiger partial charge in [-0.05, 0) is 6.16 Å². The predicted octanol–water partition coefficient (Wildman–Crippen LogP) is 0.582. The summed E-state index contributed by atoms with van der Waals surface area (Å²) in [6.45, 7) is -0.862. The molecule has 15 heavy (non-hydrogen) atoms. The van der Waals surface area contributed by atoms with Gasteiger partial charge in [-0.15, -0.1) is 0 Å². The minimum Gasteiger partial charge on any atom is -0.234 e. The molecule has 0 aliphatic carbocycles. The van der Waals surface area contributed by atoms with Gasteiger partial charge >= 0.3 is 0 Å². The van der Waals surface area contributed by atoms with E-state index in [2.05, 4.69) is 0 Å². The molecule has 1 unspecified atom stereocenters. The van der Waals surface area contributed by atoms with Crippen LogP contribution in [0.3, 0.4) is 0 Å². The number of allylic oxidation sites excluding steroid dienone is 3. The molecule has 0 radical (unpaired) electrons. The molecule has 0 saturated carbocycles. The maximum Gasteiger partial charge on any atom is 0.134 e. The molecule has 0 spiro atoms. The van der Waals surface area contributed by atoms with Crippen LogP contribution in [0.2, 0.25) is 0 Å². The lowest BCUT2D eigenvalue weighted by atomic mass is 10.6. The molecule has 0 amide bonds. The molecule has 0 aliphatic heterocycles. The van der Waals surface area contributed by atoms with Crippen LogP contribution in [-0.4, -0.2) is 35.8 Å². The molecule has 0 aromatic rings. The first-order valence-corrected chi connectivity index (χ1v) is 6.29. The minimum absolute atomic E-state index is 0.0403. The Hall–Kier alpha value is -1.64. The lowest BCUT2D eigenvalue weighted by Gasteiger charge is -2.14. The summed E-state index contributed by atoms with van der Waals surface area (Å²) in [5, 5.41) is -0.0403. The molecule has 0 aromatic carbocycles. The Balaban J connectivity index is 5.67. The number of hydrogen-bond acceptors (Lipinski definition) is 4. The molecule has 0 heterocycles. The van der Waals surface area contributed by atoms with E-state index in [4.69, 9.17) is 0 Å². The quantitative estimate of drug-likeness (QED) is 0.389. The van der Waals surface area contributed by atoms with Crippen molar-refractivity contribution < 1.29 is 19.2 Å². The molecule has 0 N–H and O–H groups in total. The summed E-state index contributed by atoms with van der Waals surface area (Å²) < 4.78 is 0. The van der Waals surface area contributed by atoms with E-state index >= 15 is 0 Å². The van der Waals surface area contributed by atoms with Crippen molar-refractivity contribution in [3.05, 3.63) is 17.5 Å². The van der Waals surface area contributed by atoms with Crippen LogP contribution in [-0.2, 0) is 19.2 Å². The third kappa shape index (κ3) is 3.20. The third-order valence-corrected chi connectivity index (χ3v) is 5.34. The highest BCUT2D eigenvalue weighted by Crippen LogP contribution is 2.52. The average molecular weight is 224 g/mol. The molecule has 0 aromatic heterocycles. The van der Waals surface area contributed by atoms with Gasteiger partial charge in [-0.3, -0.25) is 0 Å². The monoisotopic (exact) mass is 224 g/mol. The molecule has 1 atom stereocenters.